The lowest BCUT2D eigenvalue weighted by atomic mass is 9.85. The quantitative estimate of drug-likeness (QED) is 0.178. The van der Waals surface area contributed by atoms with Gasteiger partial charge in [-0.05, 0) is 38.3 Å². The number of azide groups is 1. The molecule has 0 aromatic carbocycles. The zero-order valence-electron chi connectivity index (χ0n) is 19.7. The highest BCUT2D eigenvalue weighted by molar-refractivity contribution is 5.89. The molecule has 33 heavy (non-hydrogen) atoms. The summed E-state index contributed by atoms with van der Waals surface area (Å²) in [6.07, 6.45) is 3.15. The Bertz CT molecular complexity index is 781. The average molecular weight is 467 g/mol. The zero-order valence-corrected chi connectivity index (χ0v) is 19.7. The molecule has 4 atom stereocenters. The van der Waals surface area contributed by atoms with Crippen molar-refractivity contribution < 1.29 is 28.6 Å². The van der Waals surface area contributed by atoms with E-state index in [0.29, 0.717) is 12.1 Å². The van der Waals surface area contributed by atoms with Gasteiger partial charge in [0.1, 0.15) is 6.61 Å². The highest BCUT2D eigenvalue weighted by Crippen LogP contribution is 2.29. The molecule has 0 saturated carbocycles. The minimum atomic E-state index is -0.625. The third kappa shape index (κ3) is 7.92. The van der Waals surface area contributed by atoms with Crippen molar-refractivity contribution in [1.82, 2.24) is 15.1 Å². The summed E-state index contributed by atoms with van der Waals surface area (Å²) in [5, 5.41) is 6.77. The molecule has 0 aromatic heterocycles. The first-order valence-electron chi connectivity index (χ1n) is 11.2. The molecule has 2 rings (SSSR count). The van der Waals surface area contributed by atoms with Gasteiger partial charge < -0.3 is 24.4 Å². The van der Waals surface area contributed by atoms with Crippen LogP contribution in [0.25, 0.3) is 10.4 Å². The Morgan fingerprint density at radius 2 is 2.06 bits per heavy atom. The van der Waals surface area contributed by atoms with Crippen LogP contribution in [-0.2, 0) is 23.8 Å². The minimum Gasteiger partial charge on any atom is -0.463 e. The van der Waals surface area contributed by atoms with Crippen molar-refractivity contribution in [2.75, 3.05) is 47.0 Å². The standard InChI is InChI=1S/C21H34N6O6/c1-5-31-20(29)15-11-17(24-25-22)19(23-14(2)28)18(12-15)27-8-6-7-16(13-27)32-9-10-33-21(30)26(3)4/h12,16-19H,5-11,13H2,1-4H3,(H,23,28)/t16-,17-,18+,19+/m0/s1. The molecule has 0 bridgehead atoms. The van der Waals surface area contributed by atoms with Crippen LogP contribution < -0.4 is 5.32 Å². The molecule has 1 N–H and O–H groups in total. The largest absolute Gasteiger partial charge is 0.463 e. The van der Waals surface area contributed by atoms with Gasteiger partial charge in [0.05, 0.1) is 31.4 Å². The fourth-order valence-corrected chi connectivity index (χ4v) is 4.11. The molecule has 1 saturated heterocycles. The van der Waals surface area contributed by atoms with Gasteiger partial charge in [-0.3, -0.25) is 9.69 Å². The van der Waals surface area contributed by atoms with Crippen molar-refractivity contribution in [3.8, 4) is 0 Å². The summed E-state index contributed by atoms with van der Waals surface area (Å²) in [5.74, 6) is -0.696. The molecule has 12 heteroatoms. The van der Waals surface area contributed by atoms with Crippen LogP contribution in [0.3, 0.4) is 0 Å². The fraction of sp³-hybridized carbons (Fsp3) is 0.762. The molecule has 1 aliphatic heterocycles. The van der Waals surface area contributed by atoms with Gasteiger partial charge in [-0.2, -0.15) is 0 Å². The Morgan fingerprint density at radius 1 is 1.30 bits per heavy atom. The highest BCUT2D eigenvalue weighted by atomic mass is 16.6. The lowest BCUT2D eigenvalue weighted by Crippen LogP contribution is -2.60. The van der Waals surface area contributed by atoms with Crippen LogP contribution in [0, 0.1) is 0 Å². The zero-order chi connectivity index (χ0) is 24.4. The maximum atomic E-state index is 12.4. The number of carbonyl (C=O) groups is 3. The van der Waals surface area contributed by atoms with Crippen molar-refractivity contribution >= 4 is 18.0 Å². The average Bonchev–Trinajstić information content (AvgIpc) is 2.77. The van der Waals surface area contributed by atoms with E-state index in [9.17, 15) is 14.4 Å². The molecule has 2 aliphatic rings. The summed E-state index contributed by atoms with van der Waals surface area (Å²) >= 11 is 0. The maximum Gasteiger partial charge on any atom is 0.409 e. The minimum absolute atomic E-state index is 0.103. The van der Waals surface area contributed by atoms with Gasteiger partial charge in [-0.25, -0.2) is 9.59 Å². The predicted octanol–water partition coefficient (Wildman–Crippen LogP) is 1.61. The smallest absolute Gasteiger partial charge is 0.409 e. The number of nitrogens with zero attached hydrogens (tertiary/aromatic N) is 5. The SMILES string of the molecule is CCOC(=O)C1=C[C@@H](N2CCC[C@H](OCCOC(=O)N(C)C)C2)[C@H](NC(C)=O)[C@@H](N=[N+]=[N-])C1. The summed E-state index contributed by atoms with van der Waals surface area (Å²) < 4.78 is 16.2. The van der Waals surface area contributed by atoms with Crippen molar-refractivity contribution in [1.29, 1.82) is 0 Å². The van der Waals surface area contributed by atoms with E-state index in [1.807, 2.05) is 6.08 Å². The third-order valence-electron chi connectivity index (χ3n) is 5.55. The van der Waals surface area contributed by atoms with E-state index in [2.05, 4.69) is 20.2 Å². The Kier molecular flexibility index (Phi) is 10.4. The Labute approximate surface area is 193 Å². The number of piperidine rings is 1. The number of amides is 2. The summed E-state index contributed by atoms with van der Waals surface area (Å²) in [6, 6.07) is -1.48. The molecule has 0 aromatic rings. The lowest BCUT2D eigenvalue weighted by molar-refractivity contribution is -0.138. The van der Waals surface area contributed by atoms with Crippen LogP contribution in [0.5, 0.6) is 0 Å². The molecule has 0 radical (unpaired) electrons. The summed E-state index contributed by atoms with van der Waals surface area (Å²) in [7, 11) is 3.22. The van der Waals surface area contributed by atoms with E-state index in [0.717, 1.165) is 19.4 Å². The number of hydrogen-bond acceptors (Lipinski definition) is 8. The molecular weight excluding hydrogens is 432 g/mol. The van der Waals surface area contributed by atoms with E-state index >= 15 is 0 Å². The lowest BCUT2D eigenvalue weighted by Gasteiger charge is -2.44. The van der Waals surface area contributed by atoms with E-state index in [4.69, 9.17) is 19.7 Å². The second kappa shape index (κ2) is 13.0. The monoisotopic (exact) mass is 466 g/mol. The van der Waals surface area contributed by atoms with Crippen molar-refractivity contribution in [3.05, 3.63) is 22.1 Å². The van der Waals surface area contributed by atoms with Crippen LogP contribution >= 0.6 is 0 Å². The first-order valence-corrected chi connectivity index (χ1v) is 11.2. The van der Waals surface area contributed by atoms with Crippen molar-refractivity contribution in [2.24, 2.45) is 5.11 Å². The normalized spacial score (nSPS) is 25.3. The number of ether oxygens (including phenoxy) is 3. The summed E-state index contributed by atoms with van der Waals surface area (Å²) in [4.78, 5) is 42.3. The van der Waals surface area contributed by atoms with Gasteiger partial charge in [0.25, 0.3) is 0 Å². The molecule has 12 nitrogen and oxygen atoms in total. The van der Waals surface area contributed by atoms with Gasteiger partial charge in [-0.15, -0.1) is 0 Å². The van der Waals surface area contributed by atoms with Crippen LogP contribution in [0.15, 0.2) is 16.8 Å². The highest BCUT2D eigenvalue weighted by Gasteiger charge is 2.40. The Balaban J connectivity index is 2.14. The fourth-order valence-electron chi connectivity index (χ4n) is 4.11. The number of hydrogen-bond donors (Lipinski definition) is 1. The van der Waals surface area contributed by atoms with Crippen LogP contribution in [0.1, 0.15) is 33.1 Å². The number of carbonyl (C=O) groups excluding carboxylic acids is 3. The molecule has 1 fully saturated rings. The van der Waals surface area contributed by atoms with Crippen LogP contribution in [0.4, 0.5) is 4.79 Å². The summed E-state index contributed by atoms with van der Waals surface area (Å²) in [5.41, 5.74) is 9.50. The van der Waals surface area contributed by atoms with Gasteiger partial charge in [0.2, 0.25) is 5.91 Å². The van der Waals surface area contributed by atoms with Gasteiger partial charge in [0.15, 0.2) is 0 Å². The molecular formula is C21H34N6O6. The van der Waals surface area contributed by atoms with Crippen LogP contribution in [-0.4, -0.2) is 99.0 Å². The van der Waals surface area contributed by atoms with E-state index in [1.165, 1.54) is 11.8 Å². The number of nitrogens with one attached hydrogen (secondary N) is 1. The first-order chi connectivity index (χ1) is 15.8. The number of likely N-dealkylation sites (tertiary alicyclic amines) is 1. The molecule has 184 valence electrons. The first kappa shape index (κ1) is 26.4. The van der Waals surface area contributed by atoms with E-state index < -0.39 is 24.1 Å². The topological polar surface area (TPSA) is 146 Å². The number of esters is 1. The molecule has 2 amide bonds. The maximum absolute atomic E-state index is 12.4. The van der Waals surface area contributed by atoms with Gasteiger partial charge in [-0.1, -0.05) is 11.2 Å². The van der Waals surface area contributed by atoms with E-state index in [1.54, 1.807) is 21.0 Å². The Hall–Kier alpha value is -2.82. The second-order valence-corrected chi connectivity index (χ2v) is 8.24. The van der Waals surface area contributed by atoms with Crippen molar-refractivity contribution in [3.63, 3.8) is 0 Å². The predicted molar refractivity (Wildman–Crippen MR) is 119 cm³/mol. The number of rotatable bonds is 9. The van der Waals surface area contributed by atoms with Crippen LogP contribution in [0.2, 0.25) is 0 Å². The van der Waals surface area contributed by atoms with Gasteiger partial charge >= 0.3 is 12.1 Å². The third-order valence-corrected chi connectivity index (χ3v) is 5.55. The Morgan fingerprint density at radius 3 is 2.70 bits per heavy atom. The molecule has 0 spiro atoms. The van der Waals surface area contributed by atoms with Crippen molar-refractivity contribution in [2.45, 2.75) is 57.3 Å². The molecule has 0 unspecified atom stereocenters. The van der Waals surface area contributed by atoms with E-state index in [-0.39, 0.29) is 44.3 Å². The molecule has 1 heterocycles. The summed E-state index contributed by atoms with van der Waals surface area (Å²) in [6.45, 7) is 5.07. The van der Waals surface area contributed by atoms with Gasteiger partial charge in [0, 0.05) is 44.1 Å². The molecule has 1 aliphatic carbocycles. The second-order valence-electron chi connectivity index (χ2n) is 8.24.